The van der Waals surface area contributed by atoms with Crippen LogP contribution in [0.3, 0.4) is 0 Å². The Bertz CT molecular complexity index is 1350. The molecule has 0 heterocycles. The fraction of sp³-hybridized carbons (Fsp3) is 0.321. The number of carbonyl (C=O) groups is 1. The van der Waals surface area contributed by atoms with Crippen molar-refractivity contribution in [2.24, 2.45) is 0 Å². The Labute approximate surface area is 213 Å². The molecule has 3 aromatic rings. The van der Waals surface area contributed by atoms with Gasteiger partial charge in [-0.25, -0.2) is 8.42 Å². The summed E-state index contributed by atoms with van der Waals surface area (Å²) in [5, 5.41) is 2.97. The molecule has 0 saturated carbocycles. The van der Waals surface area contributed by atoms with Gasteiger partial charge in [-0.3, -0.25) is 9.10 Å². The molecule has 3 aromatic carbocycles. The maximum absolute atomic E-state index is 13.8. The number of benzene rings is 3. The van der Waals surface area contributed by atoms with Crippen molar-refractivity contribution in [1.82, 2.24) is 5.32 Å². The number of hydrogen-bond acceptors (Lipinski definition) is 5. The lowest BCUT2D eigenvalue weighted by Gasteiger charge is -2.27. The average molecular weight is 509 g/mol. The minimum Gasteiger partial charge on any atom is -0.497 e. The standard InChI is InChI=1S/C28H32N2O5S/c1-19-8-13-25(14-9-19)36(32,33)30(26-17-24(34-3)12-15-27(26)35-4)18-28(31)29-20(2)22-11-10-21-6-5-7-23(21)16-22/h8-17,20H,5-7,18H2,1-4H3,(H,29,31)/t20-/m0/s1. The molecule has 36 heavy (non-hydrogen) atoms. The molecule has 0 spiro atoms. The van der Waals surface area contributed by atoms with E-state index in [-0.39, 0.29) is 16.6 Å². The predicted molar refractivity (Wildman–Crippen MR) is 140 cm³/mol. The Morgan fingerprint density at radius 3 is 2.39 bits per heavy atom. The molecule has 0 aliphatic heterocycles. The van der Waals surface area contributed by atoms with E-state index in [0.29, 0.717) is 11.5 Å². The first-order chi connectivity index (χ1) is 17.2. The van der Waals surface area contributed by atoms with E-state index in [2.05, 4.69) is 17.4 Å². The normalized spacial score (nSPS) is 13.6. The summed E-state index contributed by atoms with van der Waals surface area (Å²) >= 11 is 0. The molecule has 1 atom stereocenters. The van der Waals surface area contributed by atoms with Crippen LogP contribution < -0.4 is 19.1 Å². The van der Waals surface area contributed by atoms with Crippen LogP contribution in [0.1, 0.15) is 41.6 Å². The van der Waals surface area contributed by atoms with Crippen molar-refractivity contribution < 1.29 is 22.7 Å². The lowest BCUT2D eigenvalue weighted by Crippen LogP contribution is -2.41. The van der Waals surface area contributed by atoms with Gasteiger partial charge in [0, 0.05) is 6.07 Å². The van der Waals surface area contributed by atoms with Gasteiger partial charge in [-0.15, -0.1) is 0 Å². The minimum absolute atomic E-state index is 0.0810. The van der Waals surface area contributed by atoms with Crippen LogP contribution in [0.5, 0.6) is 11.5 Å². The van der Waals surface area contributed by atoms with Crippen LogP contribution in [0, 0.1) is 6.92 Å². The van der Waals surface area contributed by atoms with Crippen molar-refractivity contribution in [3.63, 3.8) is 0 Å². The maximum atomic E-state index is 13.8. The van der Waals surface area contributed by atoms with E-state index >= 15 is 0 Å². The number of anilines is 1. The van der Waals surface area contributed by atoms with Crippen molar-refractivity contribution in [2.75, 3.05) is 25.1 Å². The summed E-state index contributed by atoms with van der Waals surface area (Å²) < 4.78 is 39.4. The zero-order valence-electron chi connectivity index (χ0n) is 21.1. The Morgan fingerprint density at radius 1 is 0.972 bits per heavy atom. The number of hydrogen-bond donors (Lipinski definition) is 1. The molecule has 1 N–H and O–H groups in total. The number of methoxy groups -OCH3 is 2. The highest BCUT2D eigenvalue weighted by molar-refractivity contribution is 7.92. The highest BCUT2D eigenvalue weighted by Crippen LogP contribution is 2.36. The third kappa shape index (κ3) is 5.33. The number of amides is 1. The topological polar surface area (TPSA) is 84.9 Å². The molecule has 1 aliphatic carbocycles. The molecule has 190 valence electrons. The third-order valence-corrected chi connectivity index (χ3v) is 8.32. The van der Waals surface area contributed by atoms with Crippen LogP contribution in [0.2, 0.25) is 0 Å². The van der Waals surface area contributed by atoms with Gasteiger partial charge < -0.3 is 14.8 Å². The molecule has 7 nitrogen and oxygen atoms in total. The van der Waals surface area contributed by atoms with Crippen molar-refractivity contribution in [1.29, 1.82) is 0 Å². The third-order valence-electron chi connectivity index (χ3n) is 6.55. The lowest BCUT2D eigenvalue weighted by molar-refractivity contribution is -0.120. The fourth-order valence-electron chi connectivity index (χ4n) is 4.49. The van der Waals surface area contributed by atoms with Crippen molar-refractivity contribution >= 4 is 21.6 Å². The molecule has 8 heteroatoms. The van der Waals surface area contributed by atoms with E-state index in [1.54, 1.807) is 30.3 Å². The minimum atomic E-state index is -4.10. The number of aryl methyl sites for hydroxylation is 3. The molecule has 0 radical (unpaired) electrons. The van der Waals surface area contributed by atoms with Crippen LogP contribution >= 0.6 is 0 Å². The predicted octanol–water partition coefficient (Wildman–Crippen LogP) is 4.57. The molecular weight excluding hydrogens is 476 g/mol. The average Bonchev–Trinajstić information content (AvgIpc) is 3.35. The van der Waals surface area contributed by atoms with Gasteiger partial charge in [0.1, 0.15) is 18.0 Å². The summed E-state index contributed by atoms with van der Waals surface area (Å²) in [5.41, 5.74) is 4.82. The molecular formula is C28H32N2O5S. The van der Waals surface area contributed by atoms with E-state index in [4.69, 9.17) is 9.47 Å². The highest BCUT2D eigenvalue weighted by Gasteiger charge is 2.30. The number of ether oxygens (including phenoxy) is 2. The van der Waals surface area contributed by atoms with Gasteiger partial charge in [0.25, 0.3) is 10.0 Å². The summed E-state index contributed by atoms with van der Waals surface area (Å²) in [6, 6.07) is 17.4. The smallest absolute Gasteiger partial charge is 0.264 e. The summed E-state index contributed by atoms with van der Waals surface area (Å²) in [5.74, 6) is 0.330. The van der Waals surface area contributed by atoms with Gasteiger partial charge in [-0.2, -0.15) is 0 Å². The van der Waals surface area contributed by atoms with E-state index in [9.17, 15) is 13.2 Å². The number of nitrogens with zero attached hydrogens (tertiary/aromatic N) is 1. The van der Waals surface area contributed by atoms with Crippen molar-refractivity contribution in [2.45, 2.75) is 44.0 Å². The van der Waals surface area contributed by atoms with Crippen molar-refractivity contribution in [3.8, 4) is 11.5 Å². The number of nitrogens with one attached hydrogen (secondary N) is 1. The first-order valence-electron chi connectivity index (χ1n) is 12.0. The van der Waals surface area contributed by atoms with Gasteiger partial charge in [-0.1, -0.05) is 35.9 Å². The largest absolute Gasteiger partial charge is 0.497 e. The van der Waals surface area contributed by atoms with Gasteiger partial charge in [0.15, 0.2) is 0 Å². The van der Waals surface area contributed by atoms with Crippen LogP contribution in [0.15, 0.2) is 65.6 Å². The van der Waals surface area contributed by atoms with Gasteiger partial charge in [0.2, 0.25) is 5.91 Å². The molecule has 1 amide bonds. The Hall–Kier alpha value is -3.52. The second-order valence-corrected chi connectivity index (χ2v) is 10.9. The Balaban J connectivity index is 1.66. The molecule has 0 saturated heterocycles. The summed E-state index contributed by atoms with van der Waals surface area (Å²) in [6.45, 7) is 3.36. The van der Waals surface area contributed by atoms with E-state index in [1.165, 1.54) is 37.5 Å². The Morgan fingerprint density at radius 2 is 1.69 bits per heavy atom. The highest BCUT2D eigenvalue weighted by atomic mass is 32.2. The summed E-state index contributed by atoms with van der Waals surface area (Å²) in [4.78, 5) is 13.3. The number of carbonyl (C=O) groups excluding carboxylic acids is 1. The van der Waals surface area contributed by atoms with Gasteiger partial charge in [-0.05, 0) is 74.1 Å². The van der Waals surface area contributed by atoms with E-state index < -0.39 is 22.5 Å². The number of rotatable bonds is 9. The van der Waals surface area contributed by atoms with Gasteiger partial charge >= 0.3 is 0 Å². The van der Waals surface area contributed by atoms with Crippen molar-refractivity contribution in [3.05, 3.63) is 82.9 Å². The SMILES string of the molecule is COc1ccc(OC)c(N(CC(=O)N[C@@H](C)c2ccc3c(c2)CCC3)S(=O)(=O)c2ccc(C)cc2)c1. The second-order valence-electron chi connectivity index (χ2n) is 9.03. The summed E-state index contributed by atoms with van der Waals surface area (Å²) in [7, 11) is -1.14. The molecule has 0 fully saturated rings. The zero-order chi connectivity index (χ0) is 25.9. The van der Waals surface area contributed by atoms with Gasteiger partial charge in [0.05, 0.1) is 30.8 Å². The van der Waals surface area contributed by atoms with E-state index in [1.807, 2.05) is 19.9 Å². The first-order valence-corrected chi connectivity index (χ1v) is 13.4. The van der Waals surface area contributed by atoms with Crippen LogP contribution in [-0.4, -0.2) is 35.1 Å². The lowest BCUT2D eigenvalue weighted by atomic mass is 10.0. The number of fused-ring (bicyclic) bond motifs is 1. The molecule has 0 aromatic heterocycles. The monoisotopic (exact) mass is 508 g/mol. The summed E-state index contributed by atoms with van der Waals surface area (Å²) in [6.07, 6.45) is 3.28. The quantitative estimate of drug-likeness (QED) is 0.458. The van der Waals surface area contributed by atoms with Crippen LogP contribution in [-0.2, 0) is 27.7 Å². The fourth-order valence-corrected chi connectivity index (χ4v) is 5.91. The molecule has 0 unspecified atom stereocenters. The molecule has 0 bridgehead atoms. The molecule has 4 rings (SSSR count). The Kier molecular flexibility index (Phi) is 7.54. The maximum Gasteiger partial charge on any atom is 0.264 e. The van der Waals surface area contributed by atoms with E-state index in [0.717, 1.165) is 34.7 Å². The van der Waals surface area contributed by atoms with Crippen LogP contribution in [0.25, 0.3) is 0 Å². The zero-order valence-corrected chi connectivity index (χ0v) is 21.9. The first kappa shape index (κ1) is 25.6. The second kappa shape index (κ2) is 10.6. The molecule has 1 aliphatic rings. The number of sulfonamides is 1. The van der Waals surface area contributed by atoms with Crippen LogP contribution in [0.4, 0.5) is 5.69 Å².